The molecule has 0 saturated carbocycles. The van der Waals surface area contributed by atoms with Crippen molar-refractivity contribution in [1.29, 1.82) is 0 Å². The van der Waals surface area contributed by atoms with Gasteiger partial charge in [-0.1, -0.05) is 0 Å². The van der Waals surface area contributed by atoms with E-state index in [-0.39, 0.29) is 0 Å². The molecule has 5 nitrogen and oxygen atoms in total. The van der Waals surface area contributed by atoms with Crippen molar-refractivity contribution in [3.8, 4) is 0 Å². The number of hydrogen-bond donors (Lipinski definition) is 1. The highest BCUT2D eigenvalue weighted by Crippen LogP contribution is 2.18. The third-order valence-electron chi connectivity index (χ3n) is 2.30. The Hall–Kier alpha value is -1.36. The molecule has 1 rings (SSSR count). The predicted octanol–water partition coefficient (Wildman–Crippen LogP) is 0.840. The van der Waals surface area contributed by atoms with Crippen LogP contribution in [-0.4, -0.2) is 37.3 Å². The summed E-state index contributed by atoms with van der Waals surface area (Å²) >= 11 is 0. The highest BCUT2D eigenvalue weighted by Gasteiger charge is 2.08. The third-order valence-corrected chi connectivity index (χ3v) is 2.30. The Labute approximate surface area is 90.3 Å². The summed E-state index contributed by atoms with van der Waals surface area (Å²) in [7, 11) is 3.69. The summed E-state index contributed by atoms with van der Waals surface area (Å²) in [6.45, 7) is 3.58. The van der Waals surface area contributed by atoms with Crippen molar-refractivity contribution in [3.05, 3.63) is 11.9 Å². The number of methoxy groups -OCH3 is 1. The highest BCUT2D eigenvalue weighted by molar-refractivity contribution is 5.55. The van der Waals surface area contributed by atoms with Crippen LogP contribution in [0.1, 0.15) is 12.0 Å². The molecule has 0 aliphatic rings. The highest BCUT2D eigenvalue weighted by atomic mass is 16.5. The first kappa shape index (κ1) is 11.7. The summed E-state index contributed by atoms with van der Waals surface area (Å²) in [5, 5.41) is 0. The first-order valence-electron chi connectivity index (χ1n) is 4.94. The van der Waals surface area contributed by atoms with Crippen LogP contribution in [-0.2, 0) is 4.74 Å². The molecule has 1 aromatic rings. The molecule has 0 spiro atoms. The van der Waals surface area contributed by atoms with Crippen molar-refractivity contribution < 1.29 is 4.74 Å². The zero-order chi connectivity index (χ0) is 11.3. The van der Waals surface area contributed by atoms with E-state index in [4.69, 9.17) is 10.5 Å². The Morgan fingerprint density at radius 2 is 2.20 bits per heavy atom. The van der Waals surface area contributed by atoms with Crippen molar-refractivity contribution in [2.75, 3.05) is 37.9 Å². The van der Waals surface area contributed by atoms with Crippen molar-refractivity contribution in [2.24, 2.45) is 0 Å². The van der Waals surface area contributed by atoms with Crippen LogP contribution in [0.3, 0.4) is 0 Å². The topological polar surface area (TPSA) is 64.3 Å². The van der Waals surface area contributed by atoms with Crippen LogP contribution in [0, 0.1) is 6.92 Å². The van der Waals surface area contributed by atoms with E-state index in [1.165, 1.54) is 6.33 Å². The Balaban J connectivity index is 2.65. The second-order valence-electron chi connectivity index (χ2n) is 3.48. The number of nitrogens with two attached hydrogens (primary N) is 1. The molecule has 0 aliphatic carbocycles. The molecule has 0 radical (unpaired) electrons. The lowest BCUT2D eigenvalue weighted by molar-refractivity contribution is 0.196. The Bertz CT molecular complexity index is 316. The van der Waals surface area contributed by atoms with E-state index in [0.29, 0.717) is 5.82 Å². The zero-order valence-electron chi connectivity index (χ0n) is 9.53. The monoisotopic (exact) mass is 210 g/mol. The fraction of sp³-hybridized carbons (Fsp3) is 0.600. The summed E-state index contributed by atoms with van der Waals surface area (Å²) in [4.78, 5) is 10.2. The molecule has 2 N–H and O–H groups in total. The number of rotatable bonds is 5. The van der Waals surface area contributed by atoms with E-state index >= 15 is 0 Å². The van der Waals surface area contributed by atoms with Crippen molar-refractivity contribution >= 4 is 11.6 Å². The molecule has 1 aromatic heterocycles. The molecule has 0 amide bonds. The first-order valence-corrected chi connectivity index (χ1v) is 4.94. The van der Waals surface area contributed by atoms with Crippen LogP contribution < -0.4 is 10.6 Å². The van der Waals surface area contributed by atoms with Crippen LogP contribution in [0.4, 0.5) is 11.6 Å². The minimum atomic E-state index is 0.540. The fourth-order valence-electron chi connectivity index (χ4n) is 1.39. The molecule has 0 fully saturated rings. The lowest BCUT2D eigenvalue weighted by atomic mass is 10.3. The van der Waals surface area contributed by atoms with E-state index in [0.717, 1.165) is 31.0 Å². The summed E-state index contributed by atoms with van der Waals surface area (Å²) < 4.78 is 5.00. The maximum Gasteiger partial charge on any atom is 0.136 e. The molecule has 0 aromatic carbocycles. The fourth-order valence-corrected chi connectivity index (χ4v) is 1.39. The molecule has 0 bridgehead atoms. The summed E-state index contributed by atoms with van der Waals surface area (Å²) in [6.07, 6.45) is 2.46. The molecular formula is C10H18N4O. The molecule has 0 atom stereocenters. The summed E-state index contributed by atoms with van der Waals surface area (Å²) in [5.41, 5.74) is 6.64. The first-order chi connectivity index (χ1) is 7.16. The van der Waals surface area contributed by atoms with Gasteiger partial charge in [-0.3, -0.25) is 0 Å². The van der Waals surface area contributed by atoms with Gasteiger partial charge in [0.05, 0.1) is 0 Å². The third kappa shape index (κ3) is 3.06. The molecule has 0 aliphatic heterocycles. The van der Waals surface area contributed by atoms with E-state index in [2.05, 4.69) is 14.9 Å². The average Bonchev–Trinajstić information content (AvgIpc) is 2.22. The van der Waals surface area contributed by atoms with Crippen molar-refractivity contribution in [3.63, 3.8) is 0 Å². The standard InChI is InChI=1S/C10H18N4O/c1-8-9(11)12-7-13-10(8)14(2)5-4-6-15-3/h7H,4-6H2,1-3H3,(H2,11,12,13). The predicted molar refractivity (Wildman–Crippen MR) is 60.9 cm³/mol. The molecule has 1 heterocycles. The summed E-state index contributed by atoms with van der Waals surface area (Å²) in [6, 6.07) is 0. The van der Waals surface area contributed by atoms with Gasteiger partial charge in [0.25, 0.3) is 0 Å². The normalized spacial score (nSPS) is 10.3. The largest absolute Gasteiger partial charge is 0.385 e. The molecule has 0 unspecified atom stereocenters. The van der Waals surface area contributed by atoms with Crippen LogP contribution in [0.25, 0.3) is 0 Å². The van der Waals surface area contributed by atoms with Gasteiger partial charge in [-0.25, -0.2) is 9.97 Å². The van der Waals surface area contributed by atoms with Gasteiger partial charge in [0.2, 0.25) is 0 Å². The van der Waals surface area contributed by atoms with E-state index in [9.17, 15) is 0 Å². The van der Waals surface area contributed by atoms with Gasteiger partial charge in [0.15, 0.2) is 0 Å². The molecule has 84 valence electrons. The van der Waals surface area contributed by atoms with Crippen LogP contribution in [0.5, 0.6) is 0 Å². The van der Waals surface area contributed by atoms with Crippen molar-refractivity contribution in [1.82, 2.24) is 9.97 Å². The summed E-state index contributed by atoms with van der Waals surface area (Å²) in [5.74, 6) is 1.43. The van der Waals surface area contributed by atoms with Crippen LogP contribution in [0.2, 0.25) is 0 Å². The number of anilines is 2. The van der Waals surface area contributed by atoms with E-state index in [1.807, 2.05) is 14.0 Å². The maximum absolute atomic E-state index is 5.71. The molecule has 0 saturated heterocycles. The second kappa shape index (κ2) is 5.50. The van der Waals surface area contributed by atoms with Gasteiger partial charge in [0.1, 0.15) is 18.0 Å². The number of ether oxygens (including phenoxy) is 1. The Kier molecular flexibility index (Phi) is 4.30. The minimum absolute atomic E-state index is 0.540. The zero-order valence-corrected chi connectivity index (χ0v) is 9.53. The number of nitrogen functional groups attached to an aromatic ring is 1. The lowest BCUT2D eigenvalue weighted by Crippen LogP contribution is -2.22. The Morgan fingerprint density at radius 1 is 1.47 bits per heavy atom. The van der Waals surface area contributed by atoms with Gasteiger partial charge in [-0.15, -0.1) is 0 Å². The molecule has 15 heavy (non-hydrogen) atoms. The Morgan fingerprint density at radius 3 is 2.87 bits per heavy atom. The number of aromatic nitrogens is 2. The van der Waals surface area contributed by atoms with Gasteiger partial charge in [-0.2, -0.15) is 0 Å². The quantitative estimate of drug-likeness (QED) is 0.730. The number of nitrogens with zero attached hydrogens (tertiary/aromatic N) is 3. The number of hydrogen-bond acceptors (Lipinski definition) is 5. The van der Waals surface area contributed by atoms with Gasteiger partial charge < -0.3 is 15.4 Å². The second-order valence-corrected chi connectivity index (χ2v) is 3.48. The van der Waals surface area contributed by atoms with Gasteiger partial charge in [-0.05, 0) is 13.3 Å². The van der Waals surface area contributed by atoms with E-state index in [1.54, 1.807) is 7.11 Å². The van der Waals surface area contributed by atoms with Gasteiger partial charge >= 0.3 is 0 Å². The maximum atomic E-state index is 5.71. The SMILES string of the molecule is COCCCN(C)c1ncnc(N)c1C. The van der Waals surface area contributed by atoms with Crippen LogP contribution >= 0.6 is 0 Å². The minimum Gasteiger partial charge on any atom is -0.385 e. The molecule has 5 heteroatoms. The van der Waals surface area contributed by atoms with Gasteiger partial charge in [0, 0.05) is 32.9 Å². The smallest absolute Gasteiger partial charge is 0.136 e. The van der Waals surface area contributed by atoms with Crippen LogP contribution in [0.15, 0.2) is 6.33 Å². The van der Waals surface area contributed by atoms with Crippen molar-refractivity contribution in [2.45, 2.75) is 13.3 Å². The molecular weight excluding hydrogens is 192 g/mol. The van der Waals surface area contributed by atoms with E-state index < -0.39 is 0 Å². The lowest BCUT2D eigenvalue weighted by Gasteiger charge is -2.19. The average molecular weight is 210 g/mol.